The molecule has 0 heterocycles. The number of carbonyl (C=O) groups excluding carboxylic acids is 1. The summed E-state index contributed by atoms with van der Waals surface area (Å²) >= 11 is 0. The Morgan fingerprint density at radius 1 is 1.04 bits per heavy atom. The van der Waals surface area contributed by atoms with Gasteiger partial charge in [-0.05, 0) is 31.5 Å². The second-order valence-electron chi connectivity index (χ2n) is 6.01. The van der Waals surface area contributed by atoms with Crippen LogP contribution in [0.2, 0.25) is 0 Å². The van der Waals surface area contributed by atoms with Crippen LogP contribution >= 0.6 is 0 Å². The van der Waals surface area contributed by atoms with Crippen molar-refractivity contribution in [1.82, 2.24) is 4.90 Å². The van der Waals surface area contributed by atoms with Crippen LogP contribution in [0.1, 0.15) is 64.4 Å². The Labute approximate surface area is 142 Å². The molecule has 0 aliphatic rings. The minimum absolute atomic E-state index is 0.0631. The molecule has 0 aliphatic carbocycles. The standard InChI is InChI=1S/C20H33NO2/c1-4-7-9-15-19(18-13-10-8-11-14-18)20(22)23-17-12-16-21(5-2)6-3/h8,10-11,13-14,19H,4-7,9,12,15-17H2,1-3H3. The first-order valence-corrected chi connectivity index (χ1v) is 9.16. The third-order valence-electron chi connectivity index (χ3n) is 4.34. The fraction of sp³-hybridized carbons (Fsp3) is 0.650. The number of rotatable bonds is 12. The van der Waals surface area contributed by atoms with Gasteiger partial charge >= 0.3 is 5.97 Å². The highest BCUT2D eigenvalue weighted by atomic mass is 16.5. The summed E-state index contributed by atoms with van der Waals surface area (Å²) < 4.78 is 5.56. The number of esters is 1. The summed E-state index contributed by atoms with van der Waals surface area (Å²) in [5.41, 5.74) is 1.08. The Kier molecular flexibility index (Phi) is 10.4. The van der Waals surface area contributed by atoms with Crippen LogP contribution in [0.5, 0.6) is 0 Å². The van der Waals surface area contributed by atoms with Gasteiger partial charge in [-0.2, -0.15) is 0 Å². The molecular weight excluding hydrogens is 286 g/mol. The summed E-state index contributed by atoms with van der Waals surface area (Å²) in [6.45, 7) is 10.1. The molecule has 3 nitrogen and oxygen atoms in total. The molecule has 3 heteroatoms. The molecular formula is C20H33NO2. The minimum Gasteiger partial charge on any atom is -0.465 e. The number of unbranched alkanes of at least 4 members (excludes halogenated alkanes) is 2. The van der Waals surface area contributed by atoms with Crippen molar-refractivity contribution in [3.05, 3.63) is 35.9 Å². The highest BCUT2D eigenvalue weighted by Gasteiger charge is 2.21. The monoisotopic (exact) mass is 319 g/mol. The van der Waals surface area contributed by atoms with E-state index in [-0.39, 0.29) is 11.9 Å². The van der Waals surface area contributed by atoms with Gasteiger partial charge in [0.15, 0.2) is 0 Å². The number of hydrogen-bond acceptors (Lipinski definition) is 3. The Morgan fingerprint density at radius 3 is 2.35 bits per heavy atom. The van der Waals surface area contributed by atoms with Crippen LogP contribution in [-0.4, -0.2) is 37.1 Å². The molecule has 0 spiro atoms. The molecule has 0 aliphatic heterocycles. The lowest BCUT2D eigenvalue weighted by atomic mass is 9.93. The van der Waals surface area contributed by atoms with Crippen molar-refractivity contribution in [2.75, 3.05) is 26.2 Å². The van der Waals surface area contributed by atoms with Crippen molar-refractivity contribution in [2.24, 2.45) is 0 Å². The molecule has 0 saturated heterocycles. The second kappa shape index (κ2) is 12.1. The molecule has 23 heavy (non-hydrogen) atoms. The van der Waals surface area contributed by atoms with Gasteiger partial charge in [0.2, 0.25) is 0 Å². The zero-order valence-corrected chi connectivity index (χ0v) is 15.1. The average molecular weight is 319 g/mol. The van der Waals surface area contributed by atoms with Gasteiger partial charge in [-0.1, -0.05) is 70.4 Å². The highest BCUT2D eigenvalue weighted by molar-refractivity contribution is 5.78. The van der Waals surface area contributed by atoms with E-state index in [2.05, 4.69) is 25.7 Å². The molecule has 0 aromatic heterocycles. The molecule has 0 amide bonds. The van der Waals surface area contributed by atoms with E-state index >= 15 is 0 Å². The van der Waals surface area contributed by atoms with Crippen LogP contribution < -0.4 is 0 Å². The number of benzene rings is 1. The van der Waals surface area contributed by atoms with Gasteiger partial charge in [-0.3, -0.25) is 4.79 Å². The van der Waals surface area contributed by atoms with Crippen molar-refractivity contribution < 1.29 is 9.53 Å². The predicted molar refractivity (Wildman–Crippen MR) is 96.7 cm³/mol. The largest absolute Gasteiger partial charge is 0.465 e. The first-order valence-electron chi connectivity index (χ1n) is 9.16. The molecule has 1 unspecified atom stereocenters. The first-order chi connectivity index (χ1) is 11.2. The molecule has 0 fully saturated rings. The summed E-state index contributed by atoms with van der Waals surface area (Å²) in [5.74, 6) is -0.178. The maximum absolute atomic E-state index is 12.5. The highest BCUT2D eigenvalue weighted by Crippen LogP contribution is 2.24. The van der Waals surface area contributed by atoms with Crippen LogP contribution in [0.15, 0.2) is 30.3 Å². The molecule has 1 aromatic rings. The van der Waals surface area contributed by atoms with E-state index < -0.39 is 0 Å². The molecule has 1 rings (SSSR count). The van der Waals surface area contributed by atoms with E-state index in [1.54, 1.807) is 0 Å². The fourth-order valence-electron chi connectivity index (χ4n) is 2.81. The zero-order valence-electron chi connectivity index (χ0n) is 15.1. The Bertz CT molecular complexity index is 415. The minimum atomic E-state index is -0.115. The normalized spacial score (nSPS) is 12.3. The Morgan fingerprint density at radius 2 is 1.74 bits per heavy atom. The van der Waals surface area contributed by atoms with Gasteiger partial charge in [0.05, 0.1) is 12.5 Å². The van der Waals surface area contributed by atoms with E-state index in [1.165, 1.54) is 12.8 Å². The van der Waals surface area contributed by atoms with Gasteiger partial charge in [-0.25, -0.2) is 0 Å². The van der Waals surface area contributed by atoms with Crippen LogP contribution in [0, 0.1) is 0 Å². The topological polar surface area (TPSA) is 29.5 Å². The number of nitrogens with zero attached hydrogens (tertiary/aromatic N) is 1. The van der Waals surface area contributed by atoms with E-state index in [9.17, 15) is 4.79 Å². The third kappa shape index (κ3) is 7.65. The third-order valence-corrected chi connectivity index (χ3v) is 4.34. The molecule has 0 N–H and O–H groups in total. The Hall–Kier alpha value is -1.35. The summed E-state index contributed by atoms with van der Waals surface area (Å²) in [5, 5.41) is 0. The second-order valence-corrected chi connectivity index (χ2v) is 6.01. The van der Waals surface area contributed by atoms with Crippen molar-refractivity contribution in [2.45, 2.75) is 58.8 Å². The van der Waals surface area contributed by atoms with Crippen LogP contribution in [-0.2, 0) is 9.53 Å². The lowest BCUT2D eigenvalue weighted by Crippen LogP contribution is -2.25. The van der Waals surface area contributed by atoms with Crippen molar-refractivity contribution in [1.29, 1.82) is 0 Å². The molecule has 1 aromatic carbocycles. The van der Waals surface area contributed by atoms with Crippen LogP contribution in [0.4, 0.5) is 0 Å². The van der Waals surface area contributed by atoms with E-state index in [1.807, 2.05) is 30.3 Å². The lowest BCUT2D eigenvalue weighted by molar-refractivity contribution is -0.145. The quantitative estimate of drug-likeness (QED) is 0.416. The number of ether oxygens (including phenoxy) is 1. The zero-order chi connectivity index (χ0) is 16.9. The predicted octanol–water partition coefficient (Wildman–Crippen LogP) is 4.63. The first kappa shape index (κ1) is 19.7. The number of hydrogen-bond donors (Lipinski definition) is 0. The van der Waals surface area contributed by atoms with Gasteiger partial charge in [0.25, 0.3) is 0 Å². The van der Waals surface area contributed by atoms with E-state index in [4.69, 9.17) is 4.74 Å². The molecule has 0 bridgehead atoms. The Balaban J connectivity index is 2.48. The summed E-state index contributed by atoms with van der Waals surface area (Å²) in [7, 11) is 0. The van der Waals surface area contributed by atoms with E-state index in [0.717, 1.165) is 44.5 Å². The van der Waals surface area contributed by atoms with Crippen LogP contribution in [0.3, 0.4) is 0 Å². The van der Waals surface area contributed by atoms with Crippen molar-refractivity contribution in [3.8, 4) is 0 Å². The SMILES string of the molecule is CCCCCC(C(=O)OCCCN(CC)CC)c1ccccc1. The molecule has 130 valence electrons. The fourth-order valence-corrected chi connectivity index (χ4v) is 2.81. The van der Waals surface area contributed by atoms with Crippen molar-refractivity contribution in [3.63, 3.8) is 0 Å². The summed E-state index contributed by atoms with van der Waals surface area (Å²) in [4.78, 5) is 14.8. The van der Waals surface area contributed by atoms with Crippen molar-refractivity contribution >= 4 is 5.97 Å². The molecule has 0 radical (unpaired) electrons. The maximum atomic E-state index is 12.5. The van der Waals surface area contributed by atoms with Gasteiger partial charge < -0.3 is 9.64 Å². The van der Waals surface area contributed by atoms with Crippen LogP contribution in [0.25, 0.3) is 0 Å². The molecule has 0 saturated carbocycles. The summed E-state index contributed by atoms with van der Waals surface area (Å²) in [6.07, 6.45) is 5.19. The number of carbonyl (C=O) groups is 1. The average Bonchev–Trinajstić information content (AvgIpc) is 2.59. The lowest BCUT2D eigenvalue weighted by Gasteiger charge is -2.19. The smallest absolute Gasteiger partial charge is 0.313 e. The van der Waals surface area contributed by atoms with Gasteiger partial charge in [0.1, 0.15) is 0 Å². The van der Waals surface area contributed by atoms with Gasteiger partial charge in [-0.15, -0.1) is 0 Å². The summed E-state index contributed by atoms with van der Waals surface area (Å²) in [6, 6.07) is 10.1. The molecule has 1 atom stereocenters. The maximum Gasteiger partial charge on any atom is 0.313 e. The van der Waals surface area contributed by atoms with Gasteiger partial charge in [0, 0.05) is 6.54 Å². The van der Waals surface area contributed by atoms with E-state index in [0.29, 0.717) is 6.61 Å².